The molecule has 1 aliphatic rings. The van der Waals surface area contributed by atoms with Crippen LogP contribution in [0.2, 0.25) is 5.02 Å². The van der Waals surface area contributed by atoms with Crippen LogP contribution in [0, 0.1) is 0 Å². The summed E-state index contributed by atoms with van der Waals surface area (Å²) in [4.78, 5) is 23.3. The Morgan fingerprint density at radius 3 is 2.06 bits per heavy atom. The van der Waals surface area contributed by atoms with Crippen LogP contribution in [0.25, 0.3) is 5.57 Å². The molecule has 1 aliphatic carbocycles. The number of hydrogen-bond acceptors (Lipinski definition) is 2. The standard InChI is InChI=1S/C12H5Cl3O2/c13-7-3-1-6(2-4-7)10-11(15)9(16)5-8(14)12(10)17/h1-5H. The Kier molecular flexibility index (Phi) is 3.38. The summed E-state index contributed by atoms with van der Waals surface area (Å²) >= 11 is 17.3. The molecular weight excluding hydrogens is 282 g/mol. The van der Waals surface area contributed by atoms with Crippen LogP contribution in [-0.2, 0) is 9.59 Å². The van der Waals surface area contributed by atoms with Crippen LogP contribution < -0.4 is 0 Å². The molecule has 0 atom stereocenters. The molecule has 0 aliphatic heterocycles. The highest BCUT2D eigenvalue weighted by molar-refractivity contribution is 6.61. The van der Waals surface area contributed by atoms with Crippen LogP contribution >= 0.6 is 34.8 Å². The highest BCUT2D eigenvalue weighted by Crippen LogP contribution is 2.31. The van der Waals surface area contributed by atoms with E-state index >= 15 is 0 Å². The van der Waals surface area contributed by atoms with Crippen LogP contribution in [0.3, 0.4) is 0 Å². The molecule has 0 unspecified atom stereocenters. The molecule has 0 aromatic heterocycles. The average Bonchev–Trinajstić information content (AvgIpc) is 2.29. The minimum absolute atomic E-state index is 0.112. The van der Waals surface area contributed by atoms with E-state index in [-0.39, 0.29) is 15.6 Å². The van der Waals surface area contributed by atoms with Gasteiger partial charge in [0.1, 0.15) is 0 Å². The van der Waals surface area contributed by atoms with Crippen molar-refractivity contribution < 1.29 is 9.59 Å². The maximum atomic E-state index is 11.8. The summed E-state index contributed by atoms with van der Waals surface area (Å²) in [6.45, 7) is 0. The van der Waals surface area contributed by atoms with Crippen molar-refractivity contribution in [3.63, 3.8) is 0 Å². The largest absolute Gasteiger partial charge is 0.288 e. The summed E-state index contributed by atoms with van der Waals surface area (Å²) in [6, 6.07) is 6.44. The summed E-state index contributed by atoms with van der Waals surface area (Å²) < 4.78 is 0. The van der Waals surface area contributed by atoms with Gasteiger partial charge in [-0.2, -0.15) is 0 Å². The quantitative estimate of drug-likeness (QED) is 0.740. The van der Waals surface area contributed by atoms with Crippen LogP contribution in [0.4, 0.5) is 0 Å². The van der Waals surface area contributed by atoms with Crippen LogP contribution in [0.5, 0.6) is 0 Å². The molecule has 0 saturated carbocycles. The molecule has 2 nitrogen and oxygen atoms in total. The fourth-order valence-electron chi connectivity index (χ4n) is 1.46. The van der Waals surface area contributed by atoms with Gasteiger partial charge in [-0.15, -0.1) is 0 Å². The normalized spacial score (nSPS) is 16.3. The van der Waals surface area contributed by atoms with Crippen LogP contribution in [0.15, 0.2) is 40.4 Å². The second-order valence-electron chi connectivity index (χ2n) is 3.38. The maximum Gasteiger partial charge on any atom is 0.206 e. The Hall–Kier alpha value is -1.09. The first-order chi connectivity index (χ1) is 8.00. The fraction of sp³-hybridized carbons (Fsp3) is 0. The summed E-state index contributed by atoms with van der Waals surface area (Å²) in [7, 11) is 0. The van der Waals surface area contributed by atoms with Gasteiger partial charge in [0.05, 0.1) is 15.6 Å². The number of hydrogen-bond donors (Lipinski definition) is 0. The van der Waals surface area contributed by atoms with Gasteiger partial charge in [-0.3, -0.25) is 9.59 Å². The molecule has 0 saturated heterocycles. The Bertz CT molecular complexity index is 568. The van der Waals surface area contributed by atoms with Gasteiger partial charge in [-0.05, 0) is 17.7 Å². The minimum Gasteiger partial charge on any atom is -0.288 e. The molecule has 0 heterocycles. The van der Waals surface area contributed by atoms with Gasteiger partial charge < -0.3 is 0 Å². The highest BCUT2D eigenvalue weighted by atomic mass is 35.5. The maximum absolute atomic E-state index is 11.8. The van der Waals surface area contributed by atoms with E-state index in [1.54, 1.807) is 24.3 Å². The first-order valence-electron chi connectivity index (χ1n) is 4.62. The molecular formula is C12H5Cl3O2. The number of carbonyl (C=O) groups excluding carboxylic acids is 2. The number of benzene rings is 1. The molecule has 17 heavy (non-hydrogen) atoms. The van der Waals surface area contributed by atoms with E-state index in [9.17, 15) is 9.59 Å². The van der Waals surface area contributed by atoms with Gasteiger partial charge in [0.2, 0.25) is 5.78 Å². The number of rotatable bonds is 1. The lowest BCUT2D eigenvalue weighted by Crippen LogP contribution is -2.13. The van der Waals surface area contributed by atoms with Crippen molar-refractivity contribution in [3.8, 4) is 0 Å². The Labute approximate surface area is 112 Å². The second-order valence-corrected chi connectivity index (χ2v) is 4.60. The molecule has 0 spiro atoms. The number of carbonyl (C=O) groups is 2. The number of allylic oxidation sites excluding steroid dienone is 4. The molecule has 5 heteroatoms. The predicted octanol–water partition coefficient (Wildman–Crippen LogP) is 3.56. The third-order valence-corrected chi connectivity index (χ3v) is 3.18. The van der Waals surface area contributed by atoms with Crippen molar-refractivity contribution in [2.24, 2.45) is 0 Å². The van der Waals surface area contributed by atoms with Gasteiger partial charge in [0.15, 0.2) is 5.78 Å². The lowest BCUT2D eigenvalue weighted by molar-refractivity contribution is -0.113. The number of halogens is 3. The average molecular weight is 288 g/mol. The SMILES string of the molecule is O=C1C=C(Cl)C(=O)C(c2ccc(Cl)cc2)=C1Cl. The van der Waals surface area contributed by atoms with Gasteiger partial charge in [0.25, 0.3) is 0 Å². The summed E-state index contributed by atoms with van der Waals surface area (Å²) in [5.74, 6) is -0.931. The summed E-state index contributed by atoms with van der Waals surface area (Å²) in [5.41, 5.74) is 0.629. The van der Waals surface area contributed by atoms with Gasteiger partial charge in [0, 0.05) is 11.1 Å². The molecule has 0 radical (unpaired) electrons. The topological polar surface area (TPSA) is 34.1 Å². The van der Waals surface area contributed by atoms with Crippen LogP contribution in [0.1, 0.15) is 5.56 Å². The predicted molar refractivity (Wildman–Crippen MR) is 68.2 cm³/mol. The van der Waals surface area contributed by atoms with Crippen molar-refractivity contribution >= 4 is 51.9 Å². The lowest BCUT2D eigenvalue weighted by Gasteiger charge is -2.12. The second kappa shape index (κ2) is 4.65. The lowest BCUT2D eigenvalue weighted by atomic mass is 9.96. The zero-order valence-corrected chi connectivity index (χ0v) is 10.6. The van der Waals surface area contributed by atoms with E-state index in [2.05, 4.69) is 0 Å². The first-order valence-corrected chi connectivity index (χ1v) is 5.76. The van der Waals surface area contributed by atoms with Gasteiger partial charge in [-0.25, -0.2) is 0 Å². The van der Waals surface area contributed by atoms with E-state index in [4.69, 9.17) is 34.8 Å². The Balaban J connectivity index is 2.57. The van der Waals surface area contributed by atoms with Gasteiger partial charge >= 0.3 is 0 Å². The number of Topliss-reactive ketones (excluding diaryl/α,β-unsaturated/α-hetero) is 1. The van der Waals surface area contributed by atoms with Crippen LogP contribution in [-0.4, -0.2) is 11.6 Å². The Morgan fingerprint density at radius 1 is 0.882 bits per heavy atom. The van der Waals surface area contributed by atoms with Crippen molar-refractivity contribution in [1.82, 2.24) is 0 Å². The molecule has 1 aromatic rings. The smallest absolute Gasteiger partial charge is 0.206 e. The third kappa shape index (κ3) is 2.29. The minimum atomic E-state index is -0.471. The third-order valence-electron chi connectivity index (χ3n) is 2.27. The first kappa shape index (κ1) is 12.4. The molecule has 0 N–H and O–H groups in total. The molecule has 0 fully saturated rings. The van der Waals surface area contributed by atoms with E-state index in [1.807, 2.05) is 0 Å². The molecule has 0 bridgehead atoms. The Morgan fingerprint density at radius 2 is 1.47 bits per heavy atom. The van der Waals surface area contributed by atoms with E-state index < -0.39 is 11.6 Å². The highest BCUT2D eigenvalue weighted by Gasteiger charge is 2.27. The zero-order chi connectivity index (χ0) is 12.6. The molecule has 86 valence electrons. The summed E-state index contributed by atoms with van der Waals surface area (Å²) in [6.07, 6.45) is 1.02. The van der Waals surface area contributed by atoms with Crippen molar-refractivity contribution in [3.05, 3.63) is 51.0 Å². The monoisotopic (exact) mass is 286 g/mol. The summed E-state index contributed by atoms with van der Waals surface area (Å²) in [5, 5.41) is 0.271. The van der Waals surface area contributed by atoms with Gasteiger partial charge in [-0.1, -0.05) is 46.9 Å². The van der Waals surface area contributed by atoms with E-state index in [1.165, 1.54) is 0 Å². The van der Waals surface area contributed by atoms with Crippen molar-refractivity contribution in [1.29, 1.82) is 0 Å². The van der Waals surface area contributed by atoms with E-state index in [0.29, 0.717) is 10.6 Å². The fourth-order valence-corrected chi connectivity index (χ4v) is 2.03. The number of ketones is 2. The molecule has 1 aromatic carbocycles. The van der Waals surface area contributed by atoms with Crippen molar-refractivity contribution in [2.75, 3.05) is 0 Å². The molecule has 0 amide bonds. The van der Waals surface area contributed by atoms with E-state index in [0.717, 1.165) is 6.08 Å². The molecule has 2 rings (SSSR count). The van der Waals surface area contributed by atoms with Crippen molar-refractivity contribution in [2.45, 2.75) is 0 Å². The zero-order valence-electron chi connectivity index (χ0n) is 8.34.